The van der Waals surface area contributed by atoms with E-state index in [0.29, 0.717) is 35.1 Å². The zero-order chi connectivity index (χ0) is 14.9. The fourth-order valence-electron chi connectivity index (χ4n) is 2.30. The summed E-state index contributed by atoms with van der Waals surface area (Å²) in [5.41, 5.74) is 1.19. The molecule has 0 atom stereocenters. The molecule has 0 N–H and O–H groups in total. The Balaban J connectivity index is 2.12. The van der Waals surface area contributed by atoms with Crippen LogP contribution in [0.4, 0.5) is 0 Å². The molecule has 6 heteroatoms. The van der Waals surface area contributed by atoms with E-state index < -0.39 is 5.79 Å². The van der Waals surface area contributed by atoms with Crippen molar-refractivity contribution in [1.29, 1.82) is 0 Å². The second-order valence-corrected chi connectivity index (χ2v) is 5.13. The number of ketones is 1. The largest absolute Gasteiger partial charge is 0.342 e. The number of rotatable bonds is 3. The molecule has 1 aliphatic rings. The molecule has 0 radical (unpaired) electrons. The molecule has 1 fully saturated rings. The lowest BCUT2D eigenvalue weighted by Gasteiger charge is -2.24. The average molecular weight is 305 g/mol. The van der Waals surface area contributed by atoms with Crippen molar-refractivity contribution >= 4 is 17.4 Å². The fraction of sp³-hybridized carbons (Fsp3) is 0.267. The van der Waals surface area contributed by atoms with E-state index in [2.05, 4.69) is 9.97 Å². The Labute approximate surface area is 126 Å². The molecule has 0 aromatic carbocycles. The Kier molecular flexibility index (Phi) is 3.71. The first-order valence-electron chi connectivity index (χ1n) is 6.49. The lowest BCUT2D eigenvalue weighted by atomic mass is 9.99. The summed E-state index contributed by atoms with van der Waals surface area (Å²) in [7, 11) is 0. The highest BCUT2D eigenvalue weighted by molar-refractivity contribution is 6.35. The van der Waals surface area contributed by atoms with Gasteiger partial charge in [-0.25, -0.2) is 0 Å². The highest BCUT2D eigenvalue weighted by atomic mass is 35.5. The molecule has 0 aliphatic carbocycles. The third-order valence-corrected chi connectivity index (χ3v) is 3.65. The SMILES string of the molecule is CC1(c2nccc(Cl)c2C(=O)c2ccncc2)OCCO1. The smallest absolute Gasteiger partial charge is 0.210 e. The van der Waals surface area contributed by atoms with Gasteiger partial charge in [0.15, 0.2) is 5.78 Å². The molecule has 2 aromatic rings. The number of ether oxygens (including phenoxy) is 2. The van der Waals surface area contributed by atoms with Gasteiger partial charge in [-0.3, -0.25) is 14.8 Å². The van der Waals surface area contributed by atoms with Crippen LogP contribution in [-0.2, 0) is 15.3 Å². The van der Waals surface area contributed by atoms with Crippen LogP contribution in [-0.4, -0.2) is 29.0 Å². The summed E-state index contributed by atoms with van der Waals surface area (Å²) >= 11 is 6.23. The van der Waals surface area contributed by atoms with Crippen molar-refractivity contribution in [2.45, 2.75) is 12.7 Å². The van der Waals surface area contributed by atoms with Gasteiger partial charge < -0.3 is 9.47 Å². The predicted octanol–water partition coefficient (Wildman–Crippen LogP) is 2.58. The molecule has 108 valence electrons. The van der Waals surface area contributed by atoms with Gasteiger partial charge >= 0.3 is 0 Å². The molecule has 0 amide bonds. The number of aromatic nitrogens is 2. The Morgan fingerprint density at radius 2 is 1.86 bits per heavy atom. The van der Waals surface area contributed by atoms with Crippen molar-refractivity contribution in [2.75, 3.05) is 13.2 Å². The maximum atomic E-state index is 12.7. The van der Waals surface area contributed by atoms with Crippen molar-refractivity contribution in [3.05, 3.63) is 58.6 Å². The van der Waals surface area contributed by atoms with Crippen molar-refractivity contribution in [1.82, 2.24) is 9.97 Å². The van der Waals surface area contributed by atoms with Gasteiger partial charge in [0.2, 0.25) is 5.79 Å². The van der Waals surface area contributed by atoms with E-state index in [-0.39, 0.29) is 5.78 Å². The fourth-order valence-corrected chi connectivity index (χ4v) is 2.53. The van der Waals surface area contributed by atoms with Crippen LogP contribution in [0, 0.1) is 0 Å². The number of halogens is 1. The van der Waals surface area contributed by atoms with E-state index in [4.69, 9.17) is 21.1 Å². The first kappa shape index (κ1) is 14.1. The Hall–Kier alpha value is -1.82. The van der Waals surface area contributed by atoms with Crippen LogP contribution >= 0.6 is 11.6 Å². The number of carbonyl (C=O) groups is 1. The van der Waals surface area contributed by atoms with Crippen LogP contribution in [0.25, 0.3) is 0 Å². The van der Waals surface area contributed by atoms with E-state index in [0.717, 1.165) is 0 Å². The second kappa shape index (κ2) is 5.52. The van der Waals surface area contributed by atoms with Gasteiger partial charge in [-0.2, -0.15) is 0 Å². The molecule has 1 saturated heterocycles. The summed E-state index contributed by atoms with van der Waals surface area (Å²) in [6.07, 6.45) is 4.65. The van der Waals surface area contributed by atoms with E-state index >= 15 is 0 Å². The predicted molar refractivity (Wildman–Crippen MR) is 76.2 cm³/mol. The van der Waals surface area contributed by atoms with E-state index in [9.17, 15) is 4.79 Å². The summed E-state index contributed by atoms with van der Waals surface area (Å²) in [6, 6.07) is 4.85. The van der Waals surface area contributed by atoms with Crippen LogP contribution in [0.2, 0.25) is 5.02 Å². The Bertz CT molecular complexity index is 670. The number of pyridine rings is 2. The lowest BCUT2D eigenvalue weighted by molar-refractivity contribution is -0.153. The van der Waals surface area contributed by atoms with Gasteiger partial charge in [-0.05, 0) is 25.1 Å². The summed E-state index contributed by atoms with van der Waals surface area (Å²) in [5.74, 6) is -1.28. The highest BCUT2D eigenvalue weighted by Crippen LogP contribution is 2.35. The number of hydrogen-bond donors (Lipinski definition) is 0. The van der Waals surface area contributed by atoms with Gasteiger partial charge in [-0.1, -0.05) is 11.6 Å². The standard InChI is InChI=1S/C15H13ClN2O3/c1-15(20-8-9-21-15)14-12(11(16)4-7-18-14)13(19)10-2-5-17-6-3-10/h2-7H,8-9H2,1H3. The molecule has 0 saturated carbocycles. The summed E-state index contributed by atoms with van der Waals surface area (Å²) < 4.78 is 11.2. The van der Waals surface area contributed by atoms with Crippen LogP contribution < -0.4 is 0 Å². The zero-order valence-electron chi connectivity index (χ0n) is 11.4. The maximum Gasteiger partial charge on any atom is 0.210 e. The van der Waals surface area contributed by atoms with Crippen molar-refractivity contribution in [3.63, 3.8) is 0 Å². The van der Waals surface area contributed by atoms with Crippen molar-refractivity contribution < 1.29 is 14.3 Å². The second-order valence-electron chi connectivity index (χ2n) is 4.72. The van der Waals surface area contributed by atoms with E-state index in [1.165, 1.54) is 6.20 Å². The highest BCUT2D eigenvalue weighted by Gasteiger charge is 2.39. The monoisotopic (exact) mass is 304 g/mol. The van der Waals surface area contributed by atoms with E-state index in [1.807, 2.05) is 0 Å². The first-order valence-corrected chi connectivity index (χ1v) is 6.87. The molecular formula is C15H13ClN2O3. The van der Waals surface area contributed by atoms with Crippen LogP contribution in [0.15, 0.2) is 36.8 Å². The van der Waals surface area contributed by atoms with Crippen molar-refractivity contribution in [2.24, 2.45) is 0 Å². The molecule has 2 aromatic heterocycles. The molecule has 3 heterocycles. The number of hydrogen-bond acceptors (Lipinski definition) is 5. The van der Waals surface area contributed by atoms with E-state index in [1.54, 1.807) is 37.5 Å². The minimum absolute atomic E-state index is 0.231. The minimum Gasteiger partial charge on any atom is -0.342 e. The average Bonchev–Trinajstić information content (AvgIpc) is 2.95. The van der Waals surface area contributed by atoms with Gasteiger partial charge in [0.25, 0.3) is 0 Å². The van der Waals surface area contributed by atoms with Crippen LogP contribution in [0.3, 0.4) is 0 Å². The molecular weight excluding hydrogens is 292 g/mol. The molecule has 0 spiro atoms. The summed E-state index contributed by atoms with van der Waals surface area (Å²) in [6.45, 7) is 2.64. The van der Waals surface area contributed by atoms with Crippen molar-refractivity contribution in [3.8, 4) is 0 Å². The van der Waals surface area contributed by atoms with Crippen LogP contribution in [0.1, 0.15) is 28.5 Å². The molecule has 5 nitrogen and oxygen atoms in total. The topological polar surface area (TPSA) is 61.3 Å². The lowest BCUT2D eigenvalue weighted by Crippen LogP contribution is -2.27. The first-order chi connectivity index (χ1) is 10.1. The number of carbonyl (C=O) groups excluding carboxylic acids is 1. The van der Waals surface area contributed by atoms with Gasteiger partial charge in [0, 0.05) is 24.2 Å². The molecule has 3 rings (SSSR count). The normalized spacial score (nSPS) is 16.9. The minimum atomic E-state index is -1.05. The third-order valence-electron chi connectivity index (χ3n) is 3.34. The van der Waals surface area contributed by atoms with Gasteiger partial charge in [0.1, 0.15) is 5.69 Å². The Morgan fingerprint density at radius 3 is 2.52 bits per heavy atom. The van der Waals surface area contributed by atoms with Gasteiger partial charge in [0.05, 0.1) is 23.8 Å². The molecule has 1 aliphatic heterocycles. The molecule has 0 unspecified atom stereocenters. The molecule has 0 bridgehead atoms. The van der Waals surface area contributed by atoms with Gasteiger partial charge in [-0.15, -0.1) is 0 Å². The summed E-state index contributed by atoms with van der Waals surface area (Å²) in [5, 5.41) is 0.321. The third kappa shape index (κ3) is 2.55. The molecule has 21 heavy (non-hydrogen) atoms. The zero-order valence-corrected chi connectivity index (χ0v) is 12.1. The van der Waals surface area contributed by atoms with Crippen LogP contribution in [0.5, 0.6) is 0 Å². The summed E-state index contributed by atoms with van der Waals surface area (Å²) in [4.78, 5) is 20.9. The quantitative estimate of drug-likeness (QED) is 0.816. The Morgan fingerprint density at radius 1 is 1.19 bits per heavy atom. The maximum absolute atomic E-state index is 12.7. The number of nitrogens with zero attached hydrogens (tertiary/aromatic N) is 2.